The minimum absolute atomic E-state index is 0.378. The van der Waals surface area contributed by atoms with Crippen LogP contribution in [-0.4, -0.2) is 50.8 Å². The molecule has 1 aliphatic rings. The number of rotatable bonds is 5. The van der Waals surface area contributed by atoms with E-state index in [4.69, 9.17) is 4.74 Å². The summed E-state index contributed by atoms with van der Waals surface area (Å²) in [6.45, 7) is 11.9. The SMILES string of the molecule is CC(C)C(C)CNCC1CN(C)CCO1. The van der Waals surface area contributed by atoms with Crippen molar-refractivity contribution in [3.05, 3.63) is 0 Å². The number of nitrogens with zero attached hydrogens (tertiary/aromatic N) is 1. The Morgan fingerprint density at radius 1 is 1.40 bits per heavy atom. The van der Waals surface area contributed by atoms with E-state index >= 15 is 0 Å². The van der Waals surface area contributed by atoms with Gasteiger partial charge in [-0.25, -0.2) is 0 Å². The Hall–Kier alpha value is -0.120. The molecule has 0 amide bonds. The first kappa shape index (κ1) is 12.9. The summed E-state index contributed by atoms with van der Waals surface area (Å²) in [6.07, 6.45) is 0.378. The van der Waals surface area contributed by atoms with Crippen LogP contribution in [0.25, 0.3) is 0 Å². The lowest BCUT2D eigenvalue weighted by Gasteiger charge is -2.30. The van der Waals surface area contributed by atoms with Gasteiger partial charge in [0.05, 0.1) is 12.7 Å². The summed E-state index contributed by atoms with van der Waals surface area (Å²) in [4.78, 5) is 2.34. The van der Waals surface area contributed by atoms with Crippen molar-refractivity contribution >= 4 is 0 Å². The molecule has 1 saturated heterocycles. The molecule has 0 aromatic heterocycles. The van der Waals surface area contributed by atoms with Gasteiger partial charge in [0.2, 0.25) is 0 Å². The van der Waals surface area contributed by atoms with E-state index < -0.39 is 0 Å². The van der Waals surface area contributed by atoms with E-state index in [0.717, 1.165) is 44.6 Å². The average molecular weight is 214 g/mol. The van der Waals surface area contributed by atoms with Crippen LogP contribution in [0.3, 0.4) is 0 Å². The van der Waals surface area contributed by atoms with Gasteiger partial charge in [-0.1, -0.05) is 20.8 Å². The van der Waals surface area contributed by atoms with Gasteiger partial charge in [0.25, 0.3) is 0 Å². The summed E-state index contributed by atoms with van der Waals surface area (Å²) >= 11 is 0. The number of ether oxygens (including phenoxy) is 1. The van der Waals surface area contributed by atoms with Gasteiger partial charge >= 0.3 is 0 Å². The zero-order chi connectivity index (χ0) is 11.3. The van der Waals surface area contributed by atoms with Gasteiger partial charge in [-0.05, 0) is 25.4 Å². The lowest BCUT2D eigenvalue weighted by Crippen LogP contribution is -2.45. The Bertz CT molecular complexity index is 173. The molecule has 90 valence electrons. The molecule has 15 heavy (non-hydrogen) atoms. The largest absolute Gasteiger partial charge is 0.374 e. The first-order valence-electron chi connectivity index (χ1n) is 6.10. The second kappa shape index (κ2) is 6.46. The summed E-state index contributed by atoms with van der Waals surface area (Å²) in [7, 11) is 2.16. The van der Waals surface area contributed by atoms with Crippen LogP contribution in [0.1, 0.15) is 20.8 Å². The third-order valence-electron chi connectivity index (χ3n) is 3.32. The van der Waals surface area contributed by atoms with E-state index in [2.05, 4.69) is 38.0 Å². The zero-order valence-corrected chi connectivity index (χ0v) is 10.6. The Labute approximate surface area is 94.2 Å². The molecule has 3 nitrogen and oxygen atoms in total. The zero-order valence-electron chi connectivity index (χ0n) is 10.6. The molecular formula is C12H26N2O. The van der Waals surface area contributed by atoms with Crippen LogP contribution in [0, 0.1) is 11.8 Å². The lowest BCUT2D eigenvalue weighted by atomic mass is 9.98. The van der Waals surface area contributed by atoms with Crippen molar-refractivity contribution in [2.75, 3.05) is 39.8 Å². The quantitative estimate of drug-likeness (QED) is 0.744. The molecule has 1 rings (SSSR count). The summed E-state index contributed by atoms with van der Waals surface area (Å²) < 4.78 is 5.69. The van der Waals surface area contributed by atoms with E-state index in [9.17, 15) is 0 Å². The minimum atomic E-state index is 0.378. The van der Waals surface area contributed by atoms with Gasteiger partial charge < -0.3 is 15.0 Å². The van der Waals surface area contributed by atoms with E-state index in [0.29, 0.717) is 6.10 Å². The Balaban J connectivity index is 2.09. The maximum Gasteiger partial charge on any atom is 0.0826 e. The normalized spacial score (nSPS) is 25.8. The van der Waals surface area contributed by atoms with E-state index in [-0.39, 0.29) is 0 Å². The van der Waals surface area contributed by atoms with Crippen LogP contribution in [-0.2, 0) is 4.74 Å². The highest BCUT2D eigenvalue weighted by Gasteiger charge is 2.17. The van der Waals surface area contributed by atoms with Crippen LogP contribution in [0.5, 0.6) is 0 Å². The maximum atomic E-state index is 5.69. The second-order valence-electron chi connectivity index (χ2n) is 5.13. The number of likely N-dealkylation sites (N-methyl/N-ethyl adjacent to an activating group) is 1. The van der Waals surface area contributed by atoms with Crippen LogP contribution < -0.4 is 5.32 Å². The highest BCUT2D eigenvalue weighted by atomic mass is 16.5. The van der Waals surface area contributed by atoms with Crippen molar-refractivity contribution in [1.82, 2.24) is 10.2 Å². The molecule has 1 N–H and O–H groups in total. The Morgan fingerprint density at radius 3 is 2.73 bits per heavy atom. The fourth-order valence-corrected chi connectivity index (χ4v) is 1.70. The molecule has 1 fully saturated rings. The molecule has 1 aliphatic heterocycles. The van der Waals surface area contributed by atoms with Crippen LogP contribution in [0.2, 0.25) is 0 Å². The van der Waals surface area contributed by atoms with Gasteiger partial charge in [-0.3, -0.25) is 0 Å². The molecule has 2 atom stereocenters. The Kier molecular flexibility index (Phi) is 5.58. The third-order valence-corrected chi connectivity index (χ3v) is 3.32. The summed E-state index contributed by atoms with van der Waals surface area (Å²) in [5, 5.41) is 3.51. The molecule has 0 aromatic carbocycles. The summed E-state index contributed by atoms with van der Waals surface area (Å²) in [5.41, 5.74) is 0. The van der Waals surface area contributed by atoms with Gasteiger partial charge in [-0.15, -0.1) is 0 Å². The third kappa shape index (κ3) is 4.96. The first-order chi connectivity index (χ1) is 7.09. The highest BCUT2D eigenvalue weighted by molar-refractivity contribution is 4.72. The predicted molar refractivity (Wildman–Crippen MR) is 64.1 cm³/mol. The van der Waals surface area contributed by atoms with Gasteiger partial charge in [0, 0.05) is 19.6 Å². The molecule has 2 unspecified atom stereocenters. The van der Waals surface area contributed by atoms with Crippen LogP contribution in [0.15, 0.2) is 0 Å². The molecule has 0 saturated carbocycles. The first-order valence-corrected chi connectivity index (χ1v) is 6.10. The van der Waals surface area contributed by atoms with Crippen molar-refractivity contribution in [2.24, 2.45) is 11.8 Å². The molecule has 3 heteroatoms. The fourth-order valence-electron chi connectivity index (χ4n) is 1.70. The van der Waals surface area contributed by atoms with Crippen molar-refractivity contribution < 1.29 is 4.74 Å². The van der Waals surface area contributed by atoms with Crippen molar-refractivity contribution in [3.63, 3.8) is 0 Å². The molecule has 1 heterocycles. The highest BCUT2D eigenvalue weighted by Crippen LogP contribution is 2.08. The fraction of sp³-hybridized carbons (Fsp3) is 1.00. The minimum Gasteiger partial charge on any atom is -0.374 e. The topological polar surface area (TPSA) is 24.5 Å². The smallest absolute Gasteiger partial charge is 0.0826 e. The molecule has 0 radical (unpaired) electrons. The lowest BCUT2D eigenvalue weighted by molar-refractivity contribution is -0.0184. The maximum absolute atomic E-state index is 5.69. The van der Waals surface area contributed by atoms with Gasteiger partial charge in [-0.2, -0.15) is 0 Å². The molecule has 0 aliphatic carbocycles. The number of hydrogen-bond acceptors (Lipinski definition) is 3. The van der Waals surface area contributed by atoms with E-state index in [1.807, 2.05) is 0 Å². The van der Waals surface area contributed by atoms with E-state index in [1.165, 1.54) is 0 Å². The van der Waals surface area contributed by atoms with Crippen molar-refractivity contribution in [2.45, 2.75) is 26.9 Å². The predicted octanol–water partition coefficient (Wildman–Crippen LogP) is 1.20. The molecule has 0 spiro atoms. The van der Waals surface area contributed by atoms with Crippen LogP contribution >= 0.6 is 0 Å². The van der Waals surface area contributed by atoms with Gasteiger partial charge in [0.15, 0.2) is 0 Å². The number of hydrogen-bond donors (Lipinski definition) is 1. The van der Waals surface area contributed by atoms with Crippen molar-refractivity contribution in [1.29, 1.82) is 0 Å². The van der Waals surface area contributed by atoms with Crippen molar-refractivity contribution in [3.8, 4) is 0 Å². The van der Waals surface area contributed by atoms with E-state index in [1.54, 1.807) is 0 Å². The standard InChI is InChI=1S/C12H26N2O/c1-10(2)11(3)7-13-8-12-9-14(4)5-6-15-12/h10-13H,5-9H2,1-4H3. The Morgan fingerprint density at radius 2 is 2.13 bits per heavy atom. The molecular weight excluding hydrogens is 188 g/mol. The monoisotopic (exact) mass is 214 g/mol. The number of nitrogens with one attached hydrogen (secondary N) is 1. The number of morpholine rings is 1. The molecule has 0 aromatic rings. The van der Waals surface area contributed by atoms with Crippen LogP contribution in [0.4, 0.5) is 0 Å². The average Bonchev–Trinajstić information content (AvgIpc) is 2.17. The summed E-state index contributed by atoms with van der Waals surface area (Å²) in [6, 6.07) is 0. The summed E-state index contributed by atoms with van der Waals surface area (Å²) in [5.74, 6) is 1.50. The molecule has 0 bridgehead atoms. The van der Waals surface area contributed by atoms with Gasteiger partial charge in [0.1, 0.15) is 0 Å². The second-order valence-corrected chi connectivity index (χ2v) is 5.13.